The molecule has 0 bridgehead atoms. The van der Waals surface area contributed by atoms with Crippen LogP contribution in [-0.4, -0.2) is 33.3 Å². The number of aliphatic hydroxyl groups is 1. The number of sulfonamides is 1. The Hall–Kier alpha value is -0.990. The molecular weight excluding hydrogens is 310 g/mol. The lowest BCUT2D eigenvalue weighted by Crippen LogP contribution is -2.33. The van der Waals surface area contributed by atoms with Crippen molar-refractivity contribution in [1.82, 2.24) is 4.72 Å². The van der Waals surface area contributed by atoms with Crippen LogP contribution in [0.3, 0.4) is 0 Å². The molecule has 1 heterocycles. The molecule has 0 aliphatic heterocycles. The van der Waals surface area contributed by atoms with Gasteiger partial charge in [-0.2, -0.15) is 0 Å². The molecule has 1 atom stereocenters. The Morgan fingerprint density at radius 1 is 1.38 bits per heavy atom. The van der Waals surface area contributed by atoms with Gasteiger partial charge in [0, 0.05) is 29.8 Å². The molecule has 2 rings (SSSR count). The highest BCUT2D eigenvalue weighted by Crippen LogP contribution is 2.34. The van der Waals surface area contributed by atoms with Gasteiger partial charge in [-0.1, -0.05) is 18.2 Å². The number of hydrogen-bond acceptors (Lipinski definition) is 5. The van der Waals surface area contributed by atoms with Gasteiger partial charge >= 0.3 is 0 Å². The van der Waals surface area contributed by atoms with E-state index in [2.05, 4.69) is 4.72 Å². The summed E-state index contributed by atoms with van der Waals surface area (Å²) in [7, 11) is -2.09. The van der Waals surface area contributed by atoms with E-state index in [0.29, 0.717) is 23.3 Å². The molecule has 1 aromatic heterocycles. The van der Waals surface area contributed by atoms with Crippen LogP contribution in [-0.2, 0) is 21.4 Å². The standard InChI is InChI=1S/C14H19NO4S2/c1-10(7-8-19-2)15-21(17,18)14-11-5-3-4-6-12(11)20-13(14)9-16/h3-6,10,15-16H,7-9H2,1-2H3. The number of hydrogen-bond donors (Lipinski definition) is 2. The van der Waals surface area contributed by atoms with E-state index in [0.717, 1.165) is 4.70 Å². The fourth-order valence-corrected chi connectivity index (χ4v) is 5.22. The molecule has 21 heavy (non-hydrogen) atoms. The fourth-order valence-electron chi connectivity index (χ4n) is 2.15. The van der Waals surface area contributed by atoms with Crippen molar-refractivity contribution in [2.45, 2.75) is 30.9 Å². The quantitative estimate of drug-likeness (QED) is 0.816. The molecular formula is C14H19NO4S2. The van der Waals surface area contributed by atoms with Gasteiger partial charge in [0.1, 0.15) is 4.90 Å². The van der Waals surface area contributed by atoms with Crippen molar-refractivity contribution in [3.63, 3.8) is 0 Å². The predicted octanol–water partition coefficient (Wildman–Crippen LogP) is 2.10. The molecule has 0 spiro atoms. The lowest BCUT2D eigenvalue weighted by atomic mass is 10.2. The minimum absolute atomic E-state index is 0.190. The summed E-state index contributed by atoms with van der Waals surface area (Å²) in [6.45, 7) is 1.99. The van der Waals surface area contributed by atoms with Crippen molar-refractivity contribution in [3.05, 3.63) is 29.1 Å². The first-order valence-electron chi connectivity index (χ1n) is 6.62. The lowest BCUT2D eigenvalue weighted by Gasteiger charge is -2.14. The van der Waals surface area contributed by atoms with Gasteiger partial charge in [0.2, 0.25) is 10.0 Å². The van der Waals surface area contributed by atoms with Crippen LogP contribution in [0.25, 0.3) is 10.1 Å². The monoisotopic (exact) mass is 329 g/mol. The van der Waals surface area contributed by atoms with E-state index < -0.39 is 10.0 Å². The first-order chi connectivity index (χ1) is 9.99. The van der Waals surface area contributed by atoms with Gasteiger partial charge < -0.3 is 9.84 Å². The maximum atomic E-state index is 12.6. The zero-order valence-electron chi connectivity index (χ0n) is 12.0. The van der Waals surface area contributed by atoms with Crippen molar-refractivity contribution < 1.29 is 18.3 Å². The molecule has 7 heteroatoms. The van der Waals surface area contributed by atoms with Crippen LogP contribution in [0, 0.1) is 0 Å². The summed E-state index contributed by atoms with van der Waals surface area (Å²) in [6.07, 6.45) is 0.590. The molecule has 2 N–H and O–H groups in total. The first kappa shape index (κ1) is 16.4. The molecule has 0 saturated carbocycles. The van der Waals surface area contributed by atoms with E-state index in [9.17, 15) is 13.5 Å². The minimum atomic E-state index is -3.67. The molecule has 0 amide bonds. The molecule has 116 valence electrons. The van der Waals surface area contributed by atoms with Crippen molar-refractivity contribution >= 4 is 31.4 Å². The average molecular weight is 329 g/mol. The highest BCUT2D eigenvalue weighted by atomic mass is 32.2. The zero-order valence-corrected chi connectivity index (χ0v) is 13.6. The highest BCUT2D eigenvalue weighted by molar-refractivity contribution is 7.90. The summed E-state index contributed by atoms with van der Waals surface area (Å²) in [5, 5.41) is 10.1. The van der Waals surface area contributed by atoms with Crippen LogP contribution in [0.15, 0.2) is 29.2 Å². The molecule has 1 aromatic carbocycles. The third-order valence-electron chi connectivity index (χ3n) is 3.14. The summed E-state index contributed by atoms with van der Waals surface area (Å²) in [4.78, 5) is 0.650. The number of thiophene rings is 1. The van der Waals surface area contributed by atoms with Gasteiger partial charge in [-0.15, -0.1) is 11.3 Å². The van der Waals surface area contributed by atoms with Crippen molar-refractivity contribution in [2.24, 2.45) is 0 Å². The number of nitrogens with one attached hydrogen (secondary N) is 1. The van der Waals surface area contributed by atoms with Crippen molar-refractivity contribution in [3.8, 4) is 0 Å². The van der Waals surface area contributed by atoms with Crippen LogP contribution in [0.1, 0.15) is 18.2 Å². The van der Waals surface area contributed by atoms with Gasteiger partial charge in [0.15, 0.2) is 0 Å². The third kappa shape index (κ3) is 3.61. The molecule has 0 aliphatic rings. The summed E-state index contributed by atoms with van der Waals surface area (Å²) >= 11 is 1.30. The molecule has 0 fully saturated rings. The molecule has 2 aromatic rings. The fraction of sp³-hybridized carbons (Fsp3) is 0.429. The molecule has 5 nitrogen and oxygen atoms in total. The van der Waals surface area contributed by atoms with Crippen LogP contribution < -0.4 is 4.72 Å². The molecule has 1 unspecified atom stereocenters. The van der Waals surface area contributed by atoms with Gasteiger partial charge in [-0.25, -0.2) is 13.1 Å². The van der Waals surface area contributed by atoms with Crippen molar-refractivity contribution in [1.29, 1.82) is 0 Å². The topological polar surface area (TPSA) is 75.6 Å². The van der Waals surface area contributed by atoms with Crippen LogP contribution in [0.5, 0.6) is 0 Å². The zero-order chi connectivity index (χ0) is 15.5. The van der Waals surface area contributed by atoms with Gasteiger partial charge in [0.25, 0.3) is 0 Å². The molecule has 0 aliphatic carbocycles. The van der Waals surface area contributed by atoms with E-state index in [4.69, 9.17) is 4.74 Å². The number of benzene rings is 1. The van der Waals surface area contributed by atoms with E-state index in [1.807, 2.05) is 12.1 Å². The summed E-state index contributed by atoms with van der Waals surface area (Å²) < 4.78 is 33.7. The summed E-state index contributed by atoms with van der Waals surface area (Å²) in [5.74, 6) is 0. The largest absolute Gasteiger partial charge is 0.391 e. The van der Waals surface area contributed by atoms with Crippen LogP contribution in [0.2, 0.25) is 0 Å². The number of fused-ring (bicyclic) bond motifs is 1. The predicted molar refractivity (Wildman–Crippen MR) is 84.0 cm³/mol. The van der Waals surface area contributed by atoms with Crippen LogP contribution >= 0.6 is 11.3 Å². The lowest BCUT2D eigenvalue weighted by molar-refractivity contribution is 0.188. The van der Waals surface area contributed by atoms with Gasteiger partial charge in [-0.05, 0) is 19.4 Å². The highest BCUT2D eigenvalue weighted by Gasteiger charge is 2.25. The number of aliphatic hydroxyl groups excluding tert-OH is 1. The second kappa shape index (κ2) is 6.85. The number of ether oxygens (including phenoxy) is 1. The summed E-state index contributed by atoms with van der Waals surface area (Å²) in [6, 6.07) is 7.03. The van der Waals surface area contributed by atoms with Crippen molar-refractivity contribution in [2.75, 3.05) is 13.7 Å². The maximum Gasteiger partial charge on any atom is 0.242 e. The molecule has 0 saturated heterocycles. The Labute approximate surface area is 128 Å². The Kier molecular flexibility index (Phi) is 5.34. The van der Waals surface area contributed by atoms with E-state index in [1.54, 1.807) is 26.2 Å². The minimum Gasteiger partial charge on any atom is -0.391 e. The number of methoxy groups -OCH3 is 1. The summed E-state index contributed by atoms with van der Waals surface area (Å²) in [5.41, 5.74) is 0. The van der Waals surface area contributed by atoms with Gasteiger partial charge in [-0.3, -0.25) is 0 Å². The normalized spacial score (nSPS) is 13.7. The molecule has 0 radical (unpaired) electrons. The van der Waals surface area contributed by atoms with E-state index in [1.165, 1.54) is 11.3 Å². The van der Waals surface area contributed by atoms with Crippen LogP contribution in [0.4, 0.5) is 0 Å². The Balaban J connectivity index is 2.39. The van der Waals surface area contributed by atoms with E-state index in [-0.39, 0.29) is 17.5 Å². The third-order valence-corrected chi connectivity index (χ3v) is 6.14. The average Bonchev–Trinajstić information content (AvgIpc) is 2.83. The second-order valence-electron chi connectivity index (χ2n) is 4.81. The maximum absolute atomic E-state index is 12.6. The SMILES string of the molecule is COCCC(C)NS(=O)(=O)c1c(CO)sc2ccccc12. The Morgan fingerprint density at radius 3 is 2.76 bits per heavy atom. The first-order valence-corrected chi connectivity index (χ1v) is 8.92. The Bertz CT molecular complexity index is 709. The second-order valence-corrected chi connectivity index (χ2v) is 7.60. The number of rotatable bonds is 7. The van der Waals surface area contributed by atoms with E-state index >= 15 is 0 Å². The smallest absolute Gasteiger partial charge is 0.242 e. The van der Waals surface area contributed by atoms with Gasteiger partial charge in [0.05, 0.1) is 11.5 Å². The Morgan fingerprint density at radius 2 is 2.10 bits per heavy atom.